The van der Waals surface area contributed by atoms with Crippen LogP contribution < -0.4 is 15.4 Å². The molecule has 1 atom stereocenters. The van der Waals surface area contributed by atoms with Crippen LogP contribution in [-0.4, -0.2) is 38.8 Å². The van der Waals surface area contributed by atoms with Gasteiger partial charge in [0.1, 0.15) is 11.8 Å². The van der Waals surface area contributed by atoms with Gasteiger partial charge in [0.15, 0.2) is 0 Å². The molecule has 1 fully saturated rings. The van der Waals surface area contributed by atoms with Gasteiger partial charge in [0, 0.05) is 18.1 Å². The van der Waals surface area contributed by atoms with Gasteiger partial charge in [-0.3, -0.25) is 4.79 Å². The molecule has 23 heavy (non-hydrogen) atoms. The summed E-state index contributed by atoms with van der Waals surface area (Å²) in [4.78, 5) is 14.0. The van der Waals surface area contributed by atoms with Crippen molar-refractivity contribution in [3.63, 3.8) is 0 Å². The van der Waals surface area contributed by atoms with Gasteiger partial charge in [-0.1, -0.05) is 11.6 Å². The van der Waals surface area contributed by atoms with E-state index in [0.29, 0.717) is 18.1 Å². The molecule has 1 aliphatic rings. The predicted molar refractivity (Wildman–Crippen MR) is 92.4 cm³/mol. The fraction of sp³-hybridized carbons (Fsp3) is 0.588. The number of anilines is 1. The normalized spacial score (nSPS) is 16.1. The van der Waals surface area contributed by atoms with Gasteiger partial charge in [-0.25, -0.2) is 0 Å². The van der Waals surface area contributed by atoms with Crippen LogP contribution in [0, 0.1) is 0 Å². The van der Waals surface area contributed by atoms with Gasteiger partial charge < -0.3 is 20.1 Å². The van der Waals surface area contributed by atoms with Crippen molar-refractivity contribution in [2.24, 2.45) is 5.73 Å². The highest BCUT2D eigenvalue weighted by Crippen LogP contribution is 2.36. The first kappa shape index (κ1) is 17.9. The van der Waals surface area contributed by atoms with E-state index in [1.165, 1.54) is 19.3 Å². The predicted octanol–water partition coefficient (Wildman–Crippen LogP) is 2.77. The summed E-state index contributed by atoms with van der Waals surface area (Å²) in [5.74, 6) is 0.352. The number of benzene rings is 1. The van der Waals surface area contributed by atoms with Crippen LogP contribution in [0.1, 0.15) is 31.7 Å². The largest absolute Gasteiger partial charge is 0.495 e. The number of nitrogens with zero attached hydrogens (tertiary/aromatic N) is 1. The topological polar surface area (TPSA) is 64.8 Å². The zero-order chi connectivity index (χ0) is 16.8. The molecule has 128 valence electrons. The van der Waals surface area contributed by atoms with Crippen LogP contribution in [0.5, 0.6) is 5.75 Å². The Morgan fingerprint density at radius 2 is 2.04 bits per heavy atom. The van der Waals surface area contributed by atoms with Gasteiger partial charge in [0.2, 0.25) is 0 Å². The molecule has 0 spiro atoms. The van der Waals surface area contributed by atoms with Crippen molar-refractivity contribution in [3.8, 4) is 5.75 Å². The molecule has 0 aromatic heterocycles. The van der Waals surface area contributed by atoms with E-state index in [1.54, 1.807) is 14.0 Å². The zero-order valence-electron chi connectivity index (χ0n) is 13.8. The molecule has 1 aromatic carbocycles. The molecule has 6 heteroatoms. The van der Waals surface area contributed by atoms with Crippen LogP contribution >= 0.6 is 11.6 Å². The molecule has 5 nitrogen and oxygen atoms in total. The van der Waals surface area contributed by atoms with Gasteiger partial charge in [-0.2, -0.15) is 0 Å². The molecular formula is C17H25ClN2O3. The average Bonchev–Trinajstić information content (AvgIpc) is 2.57. The number of hydrogen-bond acceptors (Lipinski definition) is 5. The van der Waals surface area contributed by atoms with Gasteiger partial charge >= 0.3 is 5.97 Å². The molecule has 0 radical (unpaired) electrons. The number of piperidine rings is 1. The number of methoxy groups -OCH3 is 1. The summed E-state index contributed by atoms with van der Waals surface area (Å²) in [6, 6.07) is 3.07. The molecule has 1 heterocycles. The van der Waals surface area contributed by atoms with Crippen LogP contribution in [0.3, 0.4) is 0 Å². The lowest BCUT2D eigenvalue weighted by Crippen LogP contribution is -2.34. The number of nitrogens with two attached hydrogens (primary N) is 1. The number of carbonyl (C=O) groups excluding carboxylic acids is 1. The van der Waals surface area contributed by atoms with Crippen molar-refractivity contribution in [2.45, 2.75) is 38.6 Å². The van der Waals surface area contributed by atoms with E-state index in [4.69, 9.17) is 26.8 Å². The highest BCUT2D eigenvalue weighted by molar-refractivity contribution is 6.31. The monoisotopic (exact) mass is 340 g/mol. The number of esters is 1. The first-order valence-corrected chi connectivity index (χ1v) is 8.48. The Hall–Kier alpha value is -1.46. The quantitative estimate of drug-likeness (QED) is 0.807. The standard InChI is InChI=1S/C17H25ClN2O3/c1-3-23-17(21)14(19)9-12-10-16(22-2)15(11-13(12)18)20-7-5-4-6-8-20/h10-11,14H,3-9,19H2,1-2H3. The molecule has 0 saturated carbocycles. The second-order valence-electron chi connectivity index (χ2n) is 5.73. The highest BCUT2D eigenvalue weighted by atomic mass is 35.5. The third-order valence-corrected chi connectivity index (χ3v) is 4.43. The lowest BCUT2D eigenvalue weighted by Gasteiger charge is -2.30. The molecule has 0 aliphatic carbocycles. The van der Waals surface area contributed by atoms with E-state index in [0.717, 1.165) is 30.1 Å². The Labute approximate surface area is 142 Å². The van der Waals surface area contributed by atoms with E-state index in [1.807, 2.05) is 12.1 Å². The van der Waals surface area contributed by atoms with Gasteiger partial charge in [-0.15, -0.1) is 0 Å². The van der Waals surface area contributed by atoms with Crippen molar-refractivity contribution in [2.75, 3.05) is 31.7 Å². The summed E-state index contributed by atoms with van der Waals surface area (Å²) < 4.78 is 10.5. The third-order valence-electron chi connectivity index (χ3n) is 4.07. The lowest BCUT2D eigenvalue weighted by molar-refractivity contribution is -0.144. The summed E-state index contributed by atoms with van der Waals surface area (Å²) in [5.41, 5.74) is 7.69. The van der Waals surface area contributed by atoms with Crippen molar-refractivity contribution < 1.29 is 14.3 Å². The molecule has 0 amide bonds. The van der Waals surface area contributed by atoms with Gasteiger partial charge in [-0.05, 0) is 50.3 Å². The third kappa shape index (κ3) is 4.52. The Bertz CT molecular complexity index is 545. The van der Waals surface area contributed by atoms with Gasteiger partial charge in [0.25, 0.3) is 0 Å². The lowest BCUT2D eigenvalue weighted by atomic mass is 10.0. The smallest absolute Gasteiger partial charge is 0.323 e. The number of carbonyl (C=O) groups is 1. The van der Waals surface area contributed by atoms with E-state index in [2.05, 4.69) is 4.90 Å². The number of hydrogen-bond donors (Lipinski definition) is 1. The Morgan fingerprint density at radius 3 is 2.65 bits per heavy atom. The molecular weight excluding hydrogens is 316 g/mol. The summed E-state index contributed by atoms with van der Waals surface area (Å²) in [6.45, 7) is 4.09. The fourth-order valence-electron chi connectivity index (χ4n) is 2.86. The minimum Gasteiger partial charge on any atom is -0.495 e. The number of rotatable bonds is 6. The molecule has 1 unspecified atom stereocenters. The van der Waals surface area contributed by atoms with Crippen LogP contribution in [0.25, 0.3) is 0 Å². The van der Waals surface area contributed by atoms with E-state index >= 15 is 0 Å². The Morgan fingerprint density at radius 1 is 1.35 bits per heavy atom. The maximum atomic E-state index is 11.7. The van der Waals surface area contributed by atoms with Crippen LogP contribution in [0.15, 0.2) is 12.1 Å². The maximum absolute atomic E-state index is 11.7. The molecule has 2 N–H and O–H groups in total. The number of halogens is 1. The molecule has 1 aliphatic heterocycles. The molecule has 2 rings (SSSR count). The highest BCUT2D eigenvalue weighted by Gasteiger charge is 2.21. The fourth-order valence-corrected chi connectivity index (χ4v) is 3.09. The molecule has 1 aromatic rings. The maximum Gasteiger partial charge on any atom is 0.323 e. The van der Waals surface area contributed by atoms with E-state index in [9.17, 15) is 4.79 Å². The van der Waals surface area contributed by atoms with Crippen LogP contribution in [0.2, 0.25) is 5.02 Å². The second-order valence-corrected chi connectivity index (χ2v) is 6.13. The zero-order valence-corrected chi connectivity index (χ0v) is 14.6. The summed E-state index contributed by atoms with van der Waals surface area (Å²) >= 11 is 6.41. The van der Waals surface area contributed by atoms with Crippen LogP contribution in [-0.2, 0) is 16.0 Å². The van der Waals surface area contributed by atoms with Crippen LogP contribution in [0.4, 0.5) is 5.69 Å². The molecule has 1 saturated heterocycles. The SMILES string of the molecule is CCOC(=O)C(N)Cc1cc(OC)c(N2CCCCC2)cc1Cl. The van der Waals surface area contributed by atoms with Crippen molar-refractivity contribution in [3.05, 3.63) is 22.7 Å². The van der Waals surface area contributed by atoms with Crippen molar-refractivity contribution in [1.82, 2.24) is 0 Å². The first-order chi connectivity index (χ1) is 11.1. The molecule has 0 bridgehead atoms. The first-order valence-electron chi connectivity index (χ1n) is 8.10. The van der Waals surface area contributed by atoms with Crippen molar-refractivity contribution >= 4 is 23.3 Å². The van der Waals surface area contributed by atoms with E-state index < -0.39 is 12.0 Å². The summed E-state index contributed by atoms with van der Waals surface area (Å²) in [5, 5.41) is 0.603. The minimum absolute atomic E-state index is 0.317. The summed E-state index contributed by atoms with van der Waals surface area (Å²) in [6.07, 6.45) is 3.94. The van der Waals surface area contributed by atoms with E-state index in [-0.39, 0.29) is 0 Å². The summed E-state index contributed by atoms with van der Waals surface area (Å²) in [7, 11) is 1.64. The van der Waals surface area contributed by atoms with Gasteiger partial charge in [0.05, 0.1) is 19.4 Å². The number of ether oxygens (including phenoxy) is 2. The van der Waals surface area contributed by atoms with Crippen molar-refractivity contribution in [1.29, 1.82) is 0 Å². The Kier molecular flexibility index (Phi) is 6.54. The minimum atomic E-state index is -0.724. The Balaban J connectivity index is 2.20. The second kappa shape index (κ2) is 8.41. The average molecular weight is 341 g/mol.